The molecule has 8 nitrogen and oxygen atoms in total. The predicted molar refractivity (Wildman–Crippen MR) is 138 cm³/mol. The van der Waals surface area contributed by atoms with Gasteiger partial charge in [0, 0.05) is 49.7 Å². The van der Waals surface area contributed by atoms with Crippen molar-refractivity contribution in [2.24, 2.45) is 0 Å². The lowest BCUT2D eigenvalue weighted by Gasteiger charge is -2.29. The van der Waals surface area contributed by atoms with Crippen LogP contribution in [0.15, 0.2) is 60.8 Å². The molecule has 4 heterocycles. The van der Waals surface area contributed by atoms with Crippen LogP contribution in [0.25, 0.3) is 5.65 Å². The Morgan fingerprint density at radius 1 is 1.00 bits per heavy atom. The van der Waals surface area contributed by atoms with Crippen molar-refractivity contribution in [1.82, 2.24) is 19.9 Å². The molecule has 0 radical (unpaired) electrons. The minimum Gasteiger partial charge on any atom is -0.369 e. The summed E-state index contributed by atoms with van der Waals surface area (Å²) in [5, 5.41) is 10.9. The number of carbonyl (C=O) groups excluding carboxylic acids is 1. The molecule has 0 bridgehead atoms. The van der Waals surface area contributed by atoms with E-state index in [0.717, 1.165) is 50.4 Å². The van der Waals surface area contributed by atoms with Gasteiger partial charge >= 0.3 is 0 Å². The fraction of sp³-hybridized carbons (Fsp3) is 0.296. The van der Waals surface area contributed by atoms with E-state index >= 15 is 0 Å². The standard InChI is InChI=1S/C27H27F2N7O/c28-18-3-8-22(29)21(16-18)23-2-1-13-35(23)26-10-9-25-31-17-24(36(25)33-26)27(37)32-19-4-6-20(7-5-19)34-14-11-30-12-15-34/h3-10,16-17,23,30H,1-2,11-15H2,(H,32,37)/t23-/m1/s1. The van der Waals surface area contributed by atoms with Gasteiger partial charge in [0.25, 0.3) is 5.91 Å². The second-order valence-corrected chi connectivity index (χ2v) is 9.36. The fourth-order valence-corrected chi connectivity index (χ4v) is 5.18. The lowest BCUT2D eigenvalue weighted by atomic mass is 10.0. The molecular weight excluding hydrogens is 476 g/mol. The molecule has 2 fully saturated rings. The SMILES string of the molecule is O=C(Nc1ccc(N2CCNCC2)cc1)c1cnc2ccc(N3CCC[C@@H]3c3cc(F)ccc3F)nn12. The van der Waals surface area contributed by atoms with Gasteiger partial charge in [-0.1, -0.05) is 0 Å². The van der Waals surface area contributed by atoms with Crippen LogP contribution in [0.1, 0.15) is 34.9 Å². The Bertz CT molecular complexity index is 1430. The third-order valence-electron chi connectivity index (χ3n) is 7.05. The van der Waals surface area contributed by atoms with E-state index in [9.17, 15) is 13.6 Å². The van der Waals surface area contributed by atoms with Crippen molar-refractivity contribution < 1.29 is 13.6 Å². The van der Waals surface area contributed by atoms with E-state index in [1.165, 1.54) is 16.8 Å². The lowest BCUT2D eigenvalue weighted by molar-refractivity contribution is 0.102. The molecule has 2 N–H and O–H groups in total. The maximum Gasteiger partial charge on any atom is 0.276 e. The van der Waals surface area contributed by atoms with Gasteiger partial charge in [-0.15, -0.1) is 5.10 Å². The molecule has 2 aliphatic rings. The number of hydrogen-bond acceptors (Lipinski definition) is 6. The third kappa shape index (κ3) is 4.60. The molecule has 0 unspecified atom stereocenters. The van der Waals surface area contributed by atoms with Crippen LogP contribution in [-0.4, -0.2) is 53.2 Å². The Morgan fingerprint density at radius 3 is 2.62 bits per heavy atom. The Hall–Kier alpha value is -4.05. The summed E-state index contributed by atoms with van der Waals surface area (Å²) in [7, 11) is 0. The summed E-state index contributed by atoms with van der Waals surface area (Å²) < 4.78 is 29.9. The first-order chi connectivity index (χ1) is 18.1. The molecule has 4 aromatic rings. The van der Waals surface area contributed by atoms with Crippen LogP contribution >= 0.6 is 0 Å². The van der Waals surface area contributed by atoms with Crippen LogP contribution < -0.4 is 20.4 Å². The number of anilines is 3. The summed E-state index contributed by atoms with van der Waals surface area (Å²) in [5.41, 5.74) is 2.92. The number of piperazine rings is 1. The van der Waals surface area contributed by atoms with Crippen molar-refractivity contribution >= 4 is 28.7 Å². The maximum absolute atomic E-state index is 14.5. The molecule has 37 heavy (non-hydrogen) atoms. The van der Waals surface area contributed by atoms with Gasteiger partial charge in [-0.25, -0.2) is 18.3 Å². The number of halogens is 2. The van der Waals surface area contributed by atoms with Crippen LogP contribution in [0.4, 0.5) is 26.0 Å². The largest absolute Gasteiger partial charge is 0.369 e. The van der Waals surface area contributed by atoms with Gasteiger partial charge in [-0.05, 0) is 67.4 Å². The normalized spacial score (nSPS) is 17.9. The molecule has 2 saturated heterocycles. The highest BCUT2D eigenvalue weighted by Gasteiger charge is 2.30. The van der Waals surface area contributed by atoms with E-state index in [0.29, 0.717) is 35.7 Å². The van der Waals surface area contributed by atoms with Crippen molar-refractivity contribution in [3.05, 3.63) is 83.7 Å². The summed E-state index contributed by atoms with van der Waals surface area (Å²) in [5.74, 6) is -0.668. The molecule has 0 spiro atoms. The Labute approximate surface area is 212 Å². The average molecular weight is 504 g/mol. The minimum absolute atomic E-state index is 0.288. The number of rotatable bonds is 5. The first-order valence-electron chi connectivity index (χ1n) is 12.5. The monoisotopic (exact) mass is 503 g/mol. The highest BCUT2D eigenvalue weighted by atomic mass is 19.1. The first kappa shape index (κ1) is 23.4. The minimum atomic E-state index is -0.471. The fourth-order valence-electron chi connectivity index (χ4n) is 5.18. The number of hydrogen-bond donors (Lipinski definition) is 2. The van der Waals surface area contributed by atoms with Crippen LogP contribution in [0.2, 0.25) is 0 Å². The average Bonchev–Trinajstić information content (AvgIpc) is 3.58. The molecule has 2 aromatic carbocycles. The zero-order valence-electron chi connectivity index (χ0n) is 20.2. The lowest BCUT2D eigenvalue weighted by Crippen LogP contribution is -2.43. The van der Waals surface area contributed by atoms with Gasteiger partial charge in [0.1, 0.15) is 17.5 Å². The van der Waals surface area contributed by atoms with Crippen molar-refractivity contribution in [1.29, 1.82) is 0 Å². The number of amides is 1. The maximum atomic E-state index is 14.5. The molecule has 2 aliphatic heterocycles. The molecule has 6 rings (SSSR count). The number of imidazole rings is 1. The van der Waals surface area contributed by atoms with Gasteiger partial charge < -0.3 is 20.4 Å². The molecule has 0 saturated carbocycles. The summed E-state index contributed by atoms with van der Waals surface area (Å²) in [4.78, 5) is 21.7. The Kier molecular flexibility index (Phi) is 6.17. The molecule has 1 atom stereocenters. The Balaban J connectivity index is 1.23. The summed E-state index contributed by atoms with van der Waals surface area (Å²) in [6.07, 6.45) is 2.99. The van der Waals surface area contributed by atoms with Crippen LogP contribution in [0.3, 0.4) is 0 Å². The van der Waals surface area contributed by atoms with Crippen molar-refractivity contribution in [3.8, 4) is 0 Å². The second-order valence-electron chi connectivity index (χ2n) is 9.36. The van der Waals surface area contributed by atoms with E-state index < -0.39 is 11.6 Å². The number of fused-ring (bicyclic) bond motifs is 1. The van der Waals surface area contributed by atoms with Crippen LogP contribution in [0.5, 0.6) is 0 Å². The van der Waals surface area contributed by atoms with Crippen LogP contribution in [-0.2, 0) is 0 Å². The molecule has 10 heteroatoms. The van der Waals surface area contributed by atoms with E-state index in [2.05, 4.69) is 25.6 Å². The molecular formula is C27H27F2N7O. The summed E-state index contributed by atoms with van der Waals surface area (Å²) in [6, 6.07) is 14.6. The van der Waals surface area contributed by atoms with Crippen LogP contribution in [0, 0.1) is 11.6 Å². The number of carbonyl (C=O) groups is 1. The number of nitrogens with zero attached hydrogens (tertiary/aromatic N) is 5. The van der Waals surface area contributed by atoms with E-state index in [1.807, 2.05) is 29.2 Å². The quantitative estimate of drug-likeness (QED) is 0.429. The molecule has 0 aliphatic carbocycles. The molecule has 190 valence electrons. The number of nitrogens with one attached hydrogen (secondary N) is 2. The predicted octanol–water partition coefficient (Wildman–Crippen LogP) is 4.01. The highest BCUT2D eigenvalue weighted by molar-refractivity contribution is 6.03. The smallest absolute Gasteiger partial charge is 0.276 e. The third-order valence-corrected chi connectivity index (χ3v) is 7.05. The molecule has 2 aromatic heterocycles. The van der Waals surface area contributed by atoms with E-state index in [1.54, 1.807) is 12.1 Å². The zero-order valence-corrected chi connectivity index (χ0v) is 20.2. The summed E-state index contributed by atoms with van der Waals surface area (Å²) >= 11 is 0. The highest BCUT2D eigenvalue weighted by Crippen LogP contribution is 2.36. The number of benzene rings is 2. The Morgan fingerprint density at radius 2 is 1.81 bits per heavy atom. The summed E-state index contributed by atoms with van der Waals surface area (Å²) in [6.45, 7) is 4.46. The van der Waals surface area contributed by atoms with Gasteiger partial charge in [0.05, 0.1) is 12.2 Å². The second kappa shape index (κ2) is 9.78. The number of aromatic nitrogens is 3. The van der Waals surface area contributed by atoms with Crippen molar-refractivity contribution in [2.45, 2.75) is 18.9 Å². The van der Waals surface area contributed by atoms with Gasteiger partial charge in [-0.2, -0.15) is 0 Å². The van der Waals surface area contributed by atoms with Crippen molar-refractivity contribution in [3.63, 3.8) is 0 Å². The van der Waals surface area contributed by atoms with Gasteiger partial charge in [0.15, 0.2) is 11.3 Å². The topological polar surface area (TPSA) is 77.8 Å². The molecule has 1 amide bonds. The van der Waals surface area contributed by atoms with E-state index in [-0.39, 0.29) is 17.6 Å². The van der Waals surface area contributed by atoms with Gasteiger partial charge in [0.2, 0.25) is 0 Å². The first-order valence-corrected chi connectivity index (χ1v) is 12.5. The van der Waals surface area contributed by atoms with Crippen molar-refractivity contribution in [2.75, 3.05) is 47.8 Å². The van der Waals surface area contributed by atoms with Gasteiger partial charge in [-0.3, -0.25) is 4.79 Å². The zero-order chi connectivity index (χ0) is 25.4. The van der Waals surface area contributed by atoms with E-state index in [4.69, 9.17) is 0 Å².